The molecule has 17 heavy (non-hydrogen) atoms. The standard InChI is InChI=1S/C14H21NO2/c1-5-10-6-8-11(9-7-10)12(15)14(2,3)13(16)17-4/h6-9,12H,5,15H2,1-4H3/t12-/m0/s1. The summed E-state index contributed by atoms with van der Waals surface area (Å²) in [6.45, 7) is 5.71. The van der Waals surface area contributed by atoms with Crippen molar-refractivity contribution in [1.82, 2.24) is 0 Å². The number of carbonyl (C=O) groups excluding carboxylic acids is 1. The molecule has 1 rings (SSSR count). The highest BCUT2D eigenvalue weighted by molar-refractivity contribution is 5.77. The van der Waals surface area contributed by atoms with Gasteiger partial charge in [0.05, 0.1) is 12.5 Å². The molecule has 0 fully saturated rings. The fourth-order valence-electron chi connectivity index (χ4n) is 1.77. The number of rotatable bonds is 4. The van der Waals surface area contributed by atoms with Crippen LogP contribution in [-0.2, 0) is 16.0 Å². The van der Waals surface area contributed by atoms with Crippen LogP contribution in [0.4, 0.5) is 0 Å². The van der Waals surface area contributed by atoms with Crippen LogP contribution >= 0.6 is 0 Å². The van der Waals surface area contributed by atoms with E-state index in [4.69, 9.17) is 10.5 Å². The zero-order chi connectivity index (χ0) is 13.1. The summed E-state index contributed by atoms with van der Waals surface area (Å²) < 4.78 is 4.78. The van der Waals surface area contributed by atoms with Crippen LogP contribution in [0.15, 0.2) is 24.3 Å². The number of nitrogens with two attached hydrogens (primary N) is 1. The molecule has 0 aliphatic heterocycles. The maximum Gasteiger partial charge on any atom is 0.313 e. The van der Waals surface area contributed by atoms with Gasteiger partial charge in [-0.3, -0.25) is 4.79 Å². The van der Waals surface area contributed by atoms with Gasteiger partial charge in [0.1, 0.15) is 0 Å². The van der Waals surface area contributed by atoms with Crippen molar-refractivity contribution < 1.29 is 9.53 Å². The van der Waals surface area contributed by atoms with Crippen molar-refractivity contribution in [2.24, 2.45) is 11.1 Å². The Hall–Kier alpha value is -1.35. The van der Waals surface area contributed by atoms with Crippen molar-refractivity contribution in [3.8, 4) is 0 Å². The summed E-state index contributed by atoms with van der Waals surface area (Å²) in [5, 5.41) is 0. The molecule has 3 nitrogen and oxygen atoms in total. The molecule has 0 saturated carbocycles. The summed E-state index contributed by atoms with van der Waals surface area (Å²) >= 11 is 0. The van der Waals surface area contributed by atoms with Crippen molar-refractivity contribution in [3.05, 3.63) is 35.4 Å². The van der Waals surface area contributed by atoms with Crippen LogP contribution in [0.3, 0.4) is 0 Å². The third-order valence-electron chi connectivity index (χ3n) is 3.24. The Balaban J connectivity index is 2.95. The van der Waals surface area contributed by atoms with Gasteiger partial charge in [0.2, 0.25) is 0 Å². The molecule has 2 N–H and O–H groups in total. The van der Waals surface area contributed by atoms with E-state index in [1.165, 1.54) is 12.7 Å². The second kappa shape index (κ2) is 5.32. The highest BCUT2D eigenvalue weighted by Gasteiger charge is 2.36. The largest absolute Gasteiger partial charge is 0.469 e. The monoisotopic (exact) mass is 235 g/mol. The predicted octanol–water partition coefficient (Wildman–Crippen LogP) is 2.45. The molecule has 0 saturated heterocycles. The number of methoxy groups -OCH3 is 1. The number of hydrogen-bond acceptors (Lipinski definition) is 3. The normalized spacial score (nSPS) is 13.2. The molecule has 0 unspecified atom stereocenters. The van der Waals surface area contributed by atoms with Crippen LogP contribution in [0, 0.1) is 5.41 Å². The lowest BCUT2D eigenvalue weighted by Crippen LogP contribution is -2.37. The van der Waals surface area contributed by atoms with E-state index in [0.29, 0.717) is 0 Å². The van der Waals surface area contributed by atoms with Crippen molar-refractivity contribution in [2.75, 3.05) is 7.11 Å². The van der Waals surface area contributed by atoms with E-state index in [1.807, 2.05) is 24.3 Å². The predicted molar refractivity (Wildman–Crippen MR) is 68.5 cm³/mol. The lowest BCUT2D eigenvalue weighted by Gasteiger charge is -2.29. The summed E-state index contributed by atoms with van der Waals surface area (Å²) in [5.74, 6) is -0.287. The Bertz CT molecular complexity index is 382. The number of esters is 1. The van der Waals surface area contributed by atoms with Crippen LogP contribution < -0.4 is 5.73 Å². The van der Waals surface area contributed by atoms with Gasteiger partial charge in [0, 0.05) is 6.04 Å². The first kappa shape index (κ1) is 13.7. The van der Waals surface area contributed by atoms with E-state index >= 15 is 0 Å². The van der Waals surface area contributed by atoms with E-state index in [9.17, 15) is 4.79 Å². The molecule has 0 amide bonds. The SMILES string of the molecule is CCc1ccc([C@H](N)C(C)(C)C(=O)OC)cc1. The van der Waals surface area contributed by atoms with Gasteiger partial charge in [-0.25, -0.2) is 0 Å². The maximum atomic E-state index is 11.7. The molecule has 0 aliphatic carbocycles. The van der Waals surface area contributed by atoms with Crippen LogP contribution in [0.2, 0.25) is 0 Å². The van der Waals surface area contributed by atoms with E-state index in [0.717, 1.165) is 12.0 Å². The van der Waals surface area contributed by atoms with Crippen molar-refractivity contribution in [2.45, 2.75) is 33.2 Å². The molecule has 3 heteroatoms. The average molecular weight is 235 g/mol. The van der Waals surface area contributed by atoms with Crippen molar-refractivity contribution in [3.63, 3.8) is 0 Å². The number of ether oxygens (including phenoxy) is 1. The minimum atomic E-state index is -0.720. The van der Waals surface area contributed by atoms with Crippen LogP contribution in [0.5, 0.6) is 0 Å². The average Bonchev–Trinajstić information content (AvgIpc) is 2.36. The Kier molecular flexibility index (Phi) is 4.29. The third kappa shape index (κ3) is 2.86. The smallest absolute Gasteiger partial charge is 0.313 e. The van der Waals surface area contributed by atoms with Gasteiger partial charge in [0.15, 0.2) is 0 Å². The molecule has 0 aliphatic rings. The Morgan fingerprint density at radius 3 is 2.29 bits per heavy atom. The molecular weight excluding hydrogens is 214 g/mol. The van der Waals surface area contributed by atoms with E-state index in [2.05, 4.69) is 6.92 Å². The van der Waals surface area contributed by atoms with E-state index in [-0.39, 0.29) is 12.0 Å². The topological polar surface area (TPSA) is 52.3 Å². The molecule has 0 radical (unpaired) electrons. The molecule has 1 atom stereocenters. The fraction of sp³-hybridized carbons (Fsp3) is 0.500. The van der Waals surface area contributed by atoms with Gasteiger partial charge in [-0.1, -0.05) is 31.2 Å². The Morgan fingerprint density at radius 1 is 1.35 bits per heavy atom. The first-order chi connectivity index (χ1) is 7.93. The third-order valence-corrected chi connectivity index (χ3v) is 3.24. The first-order valence-corrected chi connectivity index (χ1v) is 5.86. The number of benzene rings is 1. The molecule has 0 heterocycles. The van der Waals surface area contributed by atoms with Crippen molar-refractivity contribution >= 4 is 5.97 Å². The lowest BCUT2D eigenvalue weighted by molar-refractivity contribution is -0.152. The van der Waals surface area contributed by atoms with E-state index < -0.39 is 5.41 Å². The van der Waals surface area contributed by atoms with Crippen LogP contribution in [0.25, 0.3) is 0 Å². The van der Waals surface area contributed by atoms with Crippen molar-refractivity contribution in [1.29, 1.82) is 0 Å². The fourth-order valence-corrected chi connectivity index (χ4v) is 1.77. The molecule has 94 valence electrons. The molecule has 0 bridgehead atoms. The summed E-state index contributed by atoms with van der Waals surface area (Å²) in [4.78, 5) is 11.7. The molecule has 0 spiro atoms. The van der Waals surface area contributed by atoms with E-state index in [1.54, 1.807) is 13.8 Å². The highest BCUT2D eigenvalue weighted by Crippen LogP contribution is 2.32. The van der Waals surface area contributed by atoms with Crippen LogP contribution in [0.1, 0.15) is 37.9 Å². The zero-order valence-electron chi connectivity index (χ0n) is 11.0. The molecule has 1 aromatic carbocycles. The minimum absolute atomic E-state index is 0.287. The number of carbonyl (C=O) groups is 1. The van der Waals surface area contributed by atoms with Gasteiger partial charge in [0.25, 0.3) is 0 Å². The van der Waals surface area contributed by atoms with Gasteiger partial charge in [-0.15, -0.1) is 0 Å². The first-order valence-electron chi connectivity index (χ1n) is 5.86. The summed E-state index contributed by atoms with van der Waals surface area (Å²) in [7, 11) is 1.39. The molecular formula is C14H21NO2. The highest BCUT2D eigenvalue weighted by atomic mass is 16.5. The number of aryl methyl sites for hydroxylation is 1. The molecule has 1 aromatic rings. The lowest BCUT2D eigenvalue weighted by atomic mass is 9.81. The zero-order valence-corrected chi connectivity index (χ0v) is 11.0. The summed E-state index contributed by atoms with van der Waals surface area (Å²) in [6, 6.07) is 7.69. The summed E-state index contributed by atoms with van der Waals surface area (Å²) in [5.41, 5.74) is 7.64. The molecule has 0 aromatic heterocycles. The summed E-state index contributed by atoms with van der Waals surface area (Å²) in [6.07, 6.45) is 0.996. The second-order valence-electron chi connectivity index (χ2n) is 4.79. The Morgan fingerprint density at radius 2 is 1.88 bits per heavy atom. The van der Waals surface area contributed by atoms with Gasteiger partial charge in [-0.2, -0.15) is 0 Å². The number of hydrogen-bond donors (Lipinski definition) is 1. The second-order valence-corrected chi connectivity index (χ2v) is 4.79. The van der Waals surface area contributed by atoms with Gasteiger partial charge < -0.3 is 10.5 Å². The van der Waals surface area contributed by atoms with Gasteiger partial charge in [-0.05, 0) is 31.4 Å². The maximum absolute atomic E-state index is 11.7. The van der Waals surface area contributed by atoms with Gasteiger partial charge >= 0.3 is 5.97 Å². The van der Waals surface area contributed by atoms with Crippen LogP contribution in [-0.4, -0.2) is 13.1 Å². The minimum Gasteiger partial charge on any atom is -0.469 e. The Labute approximate surface area is 103 Å². The quantitative estimate of drug-likeness (QED) is 0.815.